The highest BCUT2D eigenvalue weighted by atomic mass is 16.6. The maximum Gasteiger partial charge on any atom is 0.410 e. The number of nitrogens with zero attached hydrogens (tertiary/aromatic N) is 2. The summed E-state index contributed by atoms with van der Waals surface area (Å²) in [7, 11) is 0. The number of Topliss-reactive ketones (excluding diaryl/α,β-unsaturated/α-hetero) is 1. The summed E-state index contributed by atoms with van der Waals surface area (Å²) in [4.78, 5) is 29.1. The zero-order valence-corrected chi connectivity index (χ0v) is 16.5. The second-order valence-corrected chi connectivity index (χ2v) is 7.99. The van der Waals surface area contributed by atoms with Crippen LogP contribution in [0.25, 0.3) is 0 Å². The Hall–Kier alpha value is -1.88. The average Bonchev–Trinajstić information content (AvgIpc) is 2.59. The van der Waals surface area contributed by atoms with Crippen molar-refractivity contribution < 1.29 is 14.3 Å². The van der Waals surface area contributed by atoms with E-state index >= 15 is 0 Å². The smallest absolute Gasteiger partial charge is 0.410 e. The largest absolute Gasteiger partial charge is 0.444 e. The number of ketones is 1. The first-order valence-electron chi connectivity index (χ1n) is 9.60. The van der Waals surface area contributed by atoms with Crippen LogP contribution in [0.1, 0.15) is 57.3 Å². The molecule has 1 atom stereocenters. The Morgan fingerprint density at radius 3 is 2.54 bits per heavy atom. The molecule has 0 saturated carbocycles. The molecule has 144 valence electrons. The van der Waals surface area contributed by atoms with Crippen LogP contribution in [0.4, 0.5) is 4.79 Å². The van der Waals surface area contributed by atoms with Gasteiger partial charge in [0.1, 0.15) is 5.60 Å². The molecular formula is C21H32N2O3. The van der Waals surface area contributed by atoms with E-state index < -0.39 is 5.60 Å². The SMILES string of the molecule is CCCN(C(=O)OC(C)(C)C)C1CCCN(CC(=O)c2ccccc2)C1. The lowest BCUT2D eigenvalue weighted by Gasteiger charge is -2.39. The van der Waals surface area contributed by atoms with Gasteiger partial charge in [0.2, 0.25) is 0 Å². The predicted molar refractivity (Wildman–Crippen MR) is 103 cm³/mol. The Bertz CT molecular complexity index is 595. The fraction of sp³-hybridized carbons (Fsp3) is 0.619. The summed E-state index contributed by atoms with van der Waals surface area (Å²) in [5.74, 6) is 0.130. The topological polar surface area (TPSA) is 49.9 Å². The number of hydrogen-bond donors (Lipinski definition) is 0. The van der Waals surface area contributed by atoms with E-state index in [9.17, 15) is 9.59 Å². The molecule has 1 aromatic carbocycles. The molecule has 1 aliphatic rings. The number of carbonyl (C=O) groups excluding carboxylic acids is 2. The van der Waals surface area contributed by atoms with Crippen molar-refractivity contribution >= 4 is 11.9 Å². The van der Waals surface area contributed by atoms with Crippen LogP contribution in [0.15, 0.2) is 30.3 Å². The minimum atomic E-state index is -0.499. The number of ether oxygens (including phenoxy) is 1. The van der Waals surface area contributed by atoms with E-state index in [1.807, 2.05) is 56.0 Å². The van der Waals surface area contributed by atoms with Gasteiger partial charge in [-0.3, -0.25) is 9.69 Å². The van der Waals surface area contributed by atoms with Gasteiger partial charge in [0.15, 0.2) is 5.78 Å². The zero-order valence-electron chi connectivity index (χ0n) is 16.5. The standard InChI is InChI=1S/C21H32N2O3/c1-5-13-23(20(25)26-21(2,3)4)18-12-9-14-22(15-18)16-19(24)17-10-7-6-8-11-17/h6-8,10-11,18H,5,9,12-16H2,1-4H3. The van der Waals surface area contributed by atoms with Crippen LogP contribution < -0.4 is 0 Å². The number of piperidine rings is 1. The molecule has 1 heterocycles. The van der Waals surface area contributed by atoms with Gasteiger partial charge in [0.05, 0.1) is 6.54 Å². The molecule has 0 aliphatic carbocycles. The van der Waals surface area contributed by atoms with Gasteiger partial charge in [-0.1, -0.05) is 37.3 Å². The van der Waals surface area contributed by atoms with Gasteiger partial charge < -0.3 is 9.64 Å². The summed E-state index contributed by atoms with van der Waals surface area (Å²) >= 11 is 0. The van der Waals surface area contributed by atoms with Crippen molar-refractivity contribution in [2.45, 2.75) is 58.6 Å². The number of hydrogen-bond acceptors (Lipinski definition) is 4. The second kappa shape index (κ2) is 9.17. The fourth-order valence-electron chi connectivity index (χ4n) is 3.33. The van der Waals surface area contributed by atoms with Crippen LogP contribution in [0.2, 0.25) is 0 Å². The van der Waals surface area contributed by atoms with Crippen molar-refractivity contribution in [2.24, 2.45) is 0 Å². The van der Waals surface area contributed by atoms with Crippen molar-refractivity contribution in [1.29, 1.82) is 0 Å². The molecule has 5 nitrogen and oxygen atoms in total. The number of benzene rings is 1. The zero-order chi connectivity index (χ0) is 19.2. The van der Waals surface area contributed by atoms with Crippen molar-refractivity contribution in [1.82, 2.24) is 9.80 Å². The first-order valence-corrected chi connectivity index (χ1v) is 9.60. The van der Waals surface area contributed by atoms with Gasteiger partial charge in [-0.25, -0.2) is 4.79 Å². The van der Waals surface area contributed by atoms with E-state index in [1.165, 1.54) is 0 Å². The molecule has 5 heteroatoms. The molecular weight excluding hydrogens is 328 g/mol. The first-order chi connectivity index (χ1) is 12.3. The summed E-state index contributed by atoms with van der Waals surface area (Å²) < 4.78 is 5.59. The monoisotopic (exact) mass is 360 g/mol. The summed E-state index contributed by atoms with van der Waals surface area (Å²) in [5.41, 5.74) is 0.243. The molecule has 0 N–H and O–H groups in total. The van der Waals surface area contributed by atoms with Gasteiger partial charge in [0.25, 0.3) is 0 Å². The van der Waals surface area contributed by atoms with Gasteiger partial charge in [-0.15, -0.1) is 0 Å². The molecule has 1 amide bonds. The fourth-order valence-corrected chi connectivity index (χ4v) is 3.33. The maximum absolute atomic E-state index is 12.6. The summed E-state index contributed by atoms with van der Waals surface area (Å²) in [6, 6.07) is 9.50. The normalized spacial score (nSPS) is 18.4. The Balaban J connectivity index is 2.00. The quantitative estimate of drug-likeness (QED) is 0.720. The number of amides is 1. The van der Waals surface area contributed by atoms with Gasteiger partial charge in [0, 0.05) is 24.7 Å². The van der Waals surface area contributed by atoms with E-state index in [0.29, 0.717) is 13.1 Å². The number of rotatable bonds is 6. The molecule has 1 unspecified atom stereocenters. The maximum atomic E-state index is 12.6. The lowest BCUT2D eigenvalue weighted by Crippen LogP contribution is -2.52. The highest BCUT2D eigenvalue weighted by Crippen LogP contribution is 2.20. The summed E-state index contributed by atoms with van der Waals surface area (Å²) in [6.07, 6.45) is 2.57. The molecule has 0 radical (unpaired) electrons. The molecule has 1 saturated heterocycles. The minimum Gasteiger partial charge on any atom is -0.444 e. The van der Waals surface area contributed by atoms with Crippen LogP contribution >= 0.6 is 0 Å². The Morgan fingerprint density at radius 2 is 1.92 bits per heavy atom. The van der Waals surface area contributed by atoms with E-state index in [-0.39, 0.29) is 17.9 Å². The molecule has 26 heavy (non-hydrogen) atoms. The van der Waals surface area contributed by atoms with Crippen LogP contribution in [0.5, 0.6) is 0 Å². The average molecular weight is 360 g/mol. The van der Waals surface area contributed by atoms with Crippen molar-refractivity contribution in [3.8, 4) is 0 Å². The van der Waals surface area contributed by atoms with Gasteiger partial charge >= 0.3 is 6.09 Å². The minimum absolute atomic E-state index is 0.0992. The van der Waals surface area contributed by atoms with Crippen LogP contribution in [0.3, 0.4) is 0 Å². The summed E-state index contributed by atoms with van der Waals surface area (Å²) in [5, 5.41) is 0. The molecule has 0 spiro atoms. The van der Waals surface area contributed by atoms with Crippen LogP contribution in [0, 0.1) is 0 Å². The van der Waals surface area contributed by atoms with Gasteiger partial charge in [-0.2, -0.15) is 0 Å². The Kier molecular flexibility index (Phi) is 7.21. The van der Waals surface area contributed by atoms with E-state index in [2.05, 4.69) is 11.8 Å². The lowest BCUT2D eigenvalue weighted by atomic mass is 10.0. The van der Waals surface area contributed by atoms with E-state index in [0.717, 1.165) is 37.9 Å². The first kappa shape index (κ1) is 20.4. The van der Waals surface area contributed by atoms with Crippen molar-refractivity contribution in [2.75, 3.05) is 26.2 Å². The van der Waals surface area contributed by atoms with Crippen molar-refractivity contribution in [3.63, 3.8) is 0 Å². The summed E-state index contributed by atoms with van der Waals surface area (Å²) in [6.45, 7) is 10.4. The number of carbonyl (C=O) groups is 2. The van der Waals surface area contributed by atoms with Crippen LogP contribution in [-0.4, -0.2) is 59.5 Å². The second-order valence-electron chi connectivity index (χ2n) is 7.99. The Morgan fingerprint density at radius 1 is 1.23 bits per heavy atom. The third-order valence-electron chi connectivity index (χ3n) is 4.48. The molecule has 1 aliphatic heterocycles. The third-order valence-corrected chi connectivity index (χ3v) is 4.48. The van der Waals surface area contributed by atoms with E-state index in [4.69, 9.17) is 4.74 Å². The van der Waals surface area contributed by atoms with Crippen molar-refractivity contribution in [3.05, 3.63) is 35.9 Å². The van der Waals surface area contributed by atoms with Crippen LogP contribution in [-0.2, 0) is 4.74 Å². The van der Waals surface area contributed by atoms with Gasteiger partial charge in [-0.05, 0) is 46.6 Å². The molecule has 0 bridgehead atoms. The third kappa shape index (κ3) is 6.13. The molecule has 2 rings (SSSR count). The lowest BCUT2D eigenvalue weighted by molar-refractivity contribution is 0.00671. The number of likely N-dealkylation sites (tertiary alicyclic amines) is 1. The Labute approximate surface area is 157 Å². The molecule has 0 aromatic heterocycles. The molecule has 1 aromatic rings. The highest BCUT2D eigenvalue weighted by Gasteiger charge is 2.31. The van der Waals surface area contributed by atoms with E-state index in [1.54, 1.807) is 0 Å². The predicted octanol–water partition coefficient (Wildman–Crippen LogP) is 3.98. The highest BCUT2D eigenvalue weighted by molar-refractivity contribution is 5.97. The molecule has 1 fully saturated rings.